The highest BCUT2D eigenvalue weighted by molar-refractivity contribution is 6.31. The third kappa shape index (κ3) is 3.38. The Morgan fingerprint density at radius 2 is 2.00 bits per heavy atom. The molecule has 0 aliphatic heterocycles. The monoisotopic (exact) mass is 305 g/mol. The van der Waals surface area contributed by atoms with Gasteiger partial charge in [0.15, 0.2) is 5.78 Å². The molecular formula is C15H12ClNO4. The van der Waals surface area contributed by atoms with Gasteiger partial charge in [-0.05, 0) is 18.2 Å². The molecule has 0 aromatic heterocycles. The van der Waals surface area contributed by atoms with Crippen molar-refractivity contribution in [3.63, 3.8) is 0 Å². The fourth-order valence-corrected chi connectivity index (χ4v) is 2.18. The van der Waals surface area contributed by atoms with Gasteiger partial charge in [-0.1, -0.05) is 29.8 Å². The molecule has 0 bridgehead atoms. The third-order valence-corrected chi connectivity index (χ3v) is 3.24. The van der Waals surface area contributed by atoms with E-state index in [-0.39, 0.29) is 17.9 Å². The number of carbonyl (C=O) groups excluding carboxylic acids is 1. The summed E-state index contributed by atoms with van der Waals surface area (Å²) in [6.07, 6.45) is -0.0894. The zero-order chi connectivity index (χ0) is 15.4. The minimum atomic E-state index is -0.502. The SMILES string of the molecule is COc1ccc(Cl)cc1C(=O)Cc1ccccc1[N+](=O)[O-]. The molecule has 2 rings (SSSR count). The number of hydrogen-bond donors (Lipinski definition) is 0. The Labute approximate surface area is 126 Å². The molecule has 0 unspecified atom stereocenters. The molecule has 0 aliphatic carbocycles. The zero-order valence-corrected chi connectivity index (χ0v) is 12.0. The van der Waals surface area contributed by atoms with Gasteiger partial charge in [-0.15, -0.1) is 0 Å². The Balaban J connectivity index is 2.35. The second-order valence-electron chi connectivity index (χ2n) is 4.33. The van der Waals surface area contributed by atoms with Gasteiger partial charge >= 0.3 is 0 Å². The first-order chi connectivity index (χ1) is 10.0. The van der Waals surface area contributed by atoms with Crippen molar-refractivity contribution in [1.82, 2.24) is 0 Å². The molecule has 0 saturated heterocycles. The lowest BCUT2D eigenvalue weighted by molar-refractivity contribution is -0.385. The minimum Gasteiger partial charge on any atom is -0.496 e. The number of nitro benzene ring substituents is 1. The summed E-state index contributed by atoms with van der Waals surface area (Å²) < 4.78 is 5.12. The van der Waals surface area contributed by atoms with Crippen LogP contribution in [-0.4, -0.2) is 17.8 Å². The van der Waals surface area contributed by atoms with E-state index in [1.807, 2.05) is 0 Å². The summed E-state index contributed by atoms with van der Waals surface area (Å²) in [6.45, 7) is 0. The van der Waals surface area contributed by atoms with Gasteiger partial charge in [0.1, 0.15) is 5.75 Å². The summed E-state index contributed by atoms with van der Waals surface area (Å²) in [5, 5.41) is 11.4. The zero-order valence-electron chi connectivity index (χ0n) is 11.2. The fraction of sp³-hybridized carbons (Fsp3) is 0.133. The van der Waals surface area contributed by atoms with Crippen molar-refractivity contribution in [2.24, 2.45) is 0 Å². The van der Waals surface area contributed by atoms with Crippen LogP contribution in [-0.2, 0) is 6.42 Å². The Hall–Kier alpha value is -2.40. The first-order valence-corrected chi connectivity index (χ1v) is 6.49. The van der Waals surface area contributed by atoms with E-state index >= 15 is 0 Å². The molecule has 6 heteroatoms. The molecule has 2 aromatic rings. The van der Waals surface area contributed by atoms with Crippen LogP contribution in [0.3, 0.4) is 0 Å². The summed E-state index contributed by atoms with van der Waals surface area (Å²) in [7, 11) is 1.45. The standard InChI is InChI=1S/C15H12ClNO4/c1-21-15-7-6-11(16)9-12(15)14(18)8-10-4-2-3-5-13(10)17(19)20/h2-7,9H,8H2,1H3. The maximum atomic E-state index is 12.4. The molecule has 0 spiro atoms. The van der Waals surface area contributed by atoms with Crippen LogP contribution < -0.4 is 4.74 Å². The fourth-order valence-electron chi connectivity index (χ4n) is 2.00. The second-order valence-corrected chi connectivity index (χ2v) is 4.77. The quantitative estimate of drug-likeness (QED) is 0.480. The van der Waals surface area contributed by atoms with Crippen LogP contribution in [0.5, 0.6) is 5.75 Å². The highest BCUT2D eigenvalue weighted by atomic mass is 35.5. The average Bonchev–Trinajstić information content (AvgIpc) is 2.47. The summed E-state index contributed by atoms with van der Waals surface area (Å²) in [4.78, 5) is 22.8. The van der Waals surface area contributed by atoms with E-state index in [1.165, 1.54) is 19.2 Å². The average molecular weight is 306 g/mol. The van der Waals surface area contributed by atoms with Crippen LogP contribution in [0.1, 0.15) is 15.9 Å². The second kappa shape index (κ2) is 6.37. The molecule has 5 nitrogen and oxygen atoms in total. The highest BCUT2D eigenvalue weighted by Gasteiger charge is 2.19. The van der Waals surface area contributed by atoms with Gasteiger partial charge in [0.05, 0.1) is 17.6 Å². The third-order valence-electron chi connectivity index (χ3n) is 3.00. The van der Waals surface area contributed by atoms with E-state index < -0.39 is 4.92 Å². The number of methoxy groups -OCH3 is 1. The van der Waals surface area contributed by atoms with Crippen LogP contribution in [0.2, 0.25) is 5.02 Å². The number of carbonyl (C=O) groups is 1. The number of hydrogen-bond acceptors (Lipinski definition) is 4. The van der Waals surface area contributed by atoms with Gasteiger partial charge in [0.25, 0.3) is 5.69 Å². The van der Waals surface area contributed by atoms with Gasteiger partial charge in [0.2, 0.25) is 0 Å². The number of para-hydroxylation sites is 1. The Kier molecular flexibility index (Phi) is 4.55. The molecule has 0 atom stereocenters. The number of ether oxygens (including phenoxy) is 1. The van der Waals surface area contributed by atoms with Crippen molar-refractivity contribution in [3.8, 4) is 5.75 Å². The summed E-state index contributed by atoms with van der Waals surface area (Å²) in [5.41, 5.74) is 0.588. The smallest absolute Gasteiger partial charge is 0.273 e. The molecule has 2 aromatic carbocycles. The molecule has 0 heterocycles. The van der Waals surface area contributed by atoms with Gasteiger partial charge < -0.3 is 4.74 Å². The Bertz CT molecular complexity index is 700. The maximum absolute atomic E-state index is 12.4. The number of benzene rings is 2. The molecule has 0 aliphatic rings. The topological polar surface area (TPSA) is 69.4 Å². The molecule has 0 N–H and O–H groups in total. The number of nitro groups is 1. The van der Waals surface area contributed by atoms with Crippen LogP contribution in [0, 0.1) is 10.1 Å². The summed E-state index contributed by atoms with van der Waals surface area (Å²) >= 11 is 5.89. The van der Waals surface area contributed by atoms with E-state index in [4.69, 9.17) is 16.3 Å². The number of Topliss-reactive ketones (excluding diaryl/α,β-unsaturated/α-hetero) is 1. The molecular weight excluding hydrogens is 294 g/mol. The van der Waals surface area contributed by atoms with Crippen molar-refractivity contribution >= 4 is 23.1 Å². The van der Waals surface area contributed by atoms with Gasteiger partial charge in [-0.2, -0.15) is 0 Å². The number of rotatable bonds is 5. The van der Waals surface area contributed by atoms with Crippen molar-refractivity contribution < 1.29 is 14.5 Å². The number of ketones is 1. The van der Waals surface area contributed by atoms with E-state index in [0.29, 0.717) is 21.9 Å². The number of nitrogens with zero attached hydrogens (tertiary/aromatic N) is 1. The normalized spacial score (nSPS) is 10.2. The van der Waals surface area contributed by atoms with E-state index in [2.05, 4.69) is 0 Å². The molecule has 0 amide bonds. The van der Waals surface area contributed by atoms with Gasteiger partial charge in [-0.3, -0.25) is 14.9 Å². The van der Waals surface area contributed by atoms with Crippen molar-refractivity contribution in [2.75, 3.05) is 7.11 Å². The Morgan fingerprint density at radius 1 is 1.29 bits per heavy atom. The van der Waals surface area contributed by atoms with Crippen LogP contribution in [0.15, 0.2) is 42.5 Å². The van der Waals surface area contributed by atoms with Crippen molar-refractivity contribution in [3.05, 3.63) is 68.7 Å². The van der Waals surface area contributed by atoms with E-state index in [0.717, 1.165) is 0 Å². The number of halogens is 1. The summed E-state index contributed by atoms with van der Waals surface area (Å²) in [5.74, 6) is 0.103. The lowest BCUT2D eigenvalue weighted by Crippen LogP contribution is -2.07. The first-order valence-electron chi connectivity index (χ1n) is 6.12. The predicted molar refractivity (Wildman–Crippen MR) is 79.1 cm³/mol. The lowest BCUT2D eigenvalue weighted by Gasteiger charge is -2.08. The molecule has 0 fully saturated rings. The molecule has 0 radical (unpaired) electrons. The summed E-state index contributed by atoms with van der Waals surface area (Å²) in [6, 6.07) is 10.9. The minimum absolute atomic E-state index is 0.0770. The van der Waals surface area contributed by atoms with E-state index in [1.54, 1.807) is 30.3 Å². The molecule has 108 valence electrons. The maximum Gasteiger partial charge on any atom is 0.273 e. The van der Waals surface area contributed by atoms with Gasteiger partial charge in [-0.25, -0.2) is 0 Å². The van der Waals surface area contributed by atoms with Gasteiger partial charge in [0, 0.05) is 23.1 Å². The van der Waals surface area contributed by atoms with Crippen LogP contribution in [0.25, 0.3) is 0 Å². The van der Waals surface area contributed by atoms with Crippen LogP contribution >= 0.6 is 11.6 Å². The van der Waals surface area contributed by atoms with Crippen molar-refractivity contribution in [2.45, 2.75) is 6.42 Å². The Morgan fingerprint density at radius 3 is 2.67 bits per heavy atom. The lowest BCUT2D eigenvalue weighted by atomic mass is 10.0. The van der Waals surface area contributed by atoms with Crippen molar-refractivity contribution in [1.29, 1.82) is 0 Å². The molecule has 0 saturated carbocycles. The largest absolute Gasteiger partial charge is 0.496 e. The first kappa shape index (κ1) is 15.0. The van der Waals surface area contributed by atoms with Crippen LogP contribution in [0.4, 0.5) is 5.69 Å². The van der Waals surface area contributed by atoms with E-state index in [9.17, 15) is 14.9 Å². The molecule has 21 heavy (non-hydrogen) atoms. The highest BCUT2D eigenvalue weighted by Crippen LogP contribution is 2.26. The predicted octanol–water partition coefficient (Wildman–Crippen LogP) is 3.68.